The molecule has 1 atom stereocenters. The molecule has 0 bridgehead atoms. The van der Waals surface area contributed by atoms with Crippen molar-refractivity contribution in [2.24, 2.45) is 0 Å². The van der Waals surface area contributed by atoms with Crippen molar-refractivity contribution in [2.75, 3.05) is 18.0 Å². The monoisotopic (exact) mass is 361 g/mol. The first-order valence-electron chi connectivity index (χ1n) is 6.33. The second kappa shape index (κ2) is 7.32. The SMILES string of the molecule is CCCN(CC(C)O)c1c([N+](=O)[O-])cc(Br)cc1[N+](=O)[O-]. The Morgan fingerprint density at radius 1 is 1.29 bits per heavy atom. The molecule has 0 aliphatic heterocycles. The fourth-order valence-electron chi connectivity index (χ4n) is 2.06. The zero-order valence-corrected chi connectivity index (χ0v) is 13.2. The van der Waals surface area contributed by atoms with Crippen LogP contribution in [0.5, 0.6) is 0 Å². The van der Waals surface area contributed by atoms with E-state index in [2.05, 4.69) is 15.9 Å². The van der Waals surface area contributed by atoms with Gasteiger partial charge in [0.2, 0.25) is 0 Å². The predicted molar refractivity (Wildman–Crippen MR) is 81.6 cm³/mol. The lowest BCUT2D eigenvalue weighted by molar-refractivity contribution is -0.392. The Bertz CT molecular complexity index is 515. The molecular weight excluding hydrogens is 346 g/mol. The number of aliphatic hydroxyl groups is 1. The summed E-state index contributed by atoms with van der Waals surface area (Å²) in [5.41, 5.74) is -0.786. The van der Waals surface area contributed by atoms with Crippen LogP contribution in [-0.2, 0) is 0 Å². The third-order valence-corrected chi connectivity index (χ3v) is 3.18. The summed E-state index contributed by atoms with van der Waals surface area (Å²) >= 11 is 3.05. The van der Waals surface area contributed by atoms with Crippen molar-refractivity contribution in [2.45, 2.75) is 26.4 Å². The summed E-state index contributed by atoms with van der Waals surface area (Å²) in [6.07, 6.45) is -0.128. The Hall–Kier alpha value is -1.74. The van der Waals surface area contributed by atoms with Crippen molar-refractivity contribution in [1.82, 2.24) is 0 Å². The number of anilines is 1. The van der Waals surface area contributed by atoms with E-state index in [9.17, 15) is 25.3 Å². The summed E-state index contributed by atoms with van der Waals surface area (Å²) in [5.74, 6) is 0. The molecule has 116 valence electrons. The number of nitro benzene ring substituents is 2. The Balaban J connectivity index is 3.53. The number of hydrogen-bond acceptors (Lipinski definition) is 6. The molecule has 21 heavy (non-hydrogen) atoms. The lowest BCUT2D eigenvalue weighted by Crippen LogP contribution is -2.32. The average molecular weight is 362 g/mol. The van der Waals surface area contributed by atoms with Crippen molar-refractivity contribution >= 4 is 33.0 Å². The molecule has 0 spiro atoms. The summed E-state index contributed by atoms with van der Waals surface area (Å²) in [5, 5.41) is 32.0. The standard InChI is InChI=1S/C12H16BrN3O5/c1-3-4-14(7-8(2)17)12-10(15(18)19)5-9(13)6-11(12)16(20)21/h5-6,8,17H,3-4,7H2,1-2H3. The van der Waals surface area contributed by atoms with Crippen molar-refractivity contribution < 1.29 is 15.0 Å². The number of nitro groups is 2. The second-order valence-electron chi connectivity index (χ2n) is 4.60. The fourth-order valence-corrected chi connectivity index (χ4v) is 2.49. The summed E-state index contributed by atoms with van der Waals surface area (Å²) in [4.78, 5) is 22.6. The fraction of sp³-hybridized carbons (Fsp3) is 0.500. The minimum atomic E-state index is -0.764. The van der Waals surface area contributed by atoms with E-state index in [0.717, 1.165) is 0 Å². The van der Waals surface area contributed by atoms with E-state index >= 15 is 0 Å². The van der Waals surface area contributed by atoms with E-state index in [-0.39, 0.29) is 28.1 Å². The molecule has 0 fully saturated rings. The highest BCUT2D eigenvalue weighted by molar-refractivity contribution is 9.10. The largest absolute Gasteiger partial charge is 0.392 e. The van der Waals surface area contributed by atoms with Crippen molar-refractivity contribution in [3.63, 3.8) is 0 Å². The highest BCUT2D eigenvalue weighted by atomic mass is 79.9. The Kier molecular flexibility index (Phi) is 6.03. The van der Waals surface area contributed by atoms with Crippen LogP contribution in [0, 0.1) is 20.2 Å². The van der Waals surface area contributed by atoms with Gasteiger partial charge < -0.3 is 10.0 Å². The van der Waals surface area contributed by atoms with Crippen molar-refractivity contribution in [1.29, 1.82) is 0 Å². The zero-order chi connectivity index (χ0) is 16.2. The highest BCUT2D eigenvalue weighted by Gasteiger charge is 2.31. The van der Waals surface area contributed by atoms with Gasteiger partial charge in [-0.15, -0.1) is 0 Å². The minimum absolute atomic E-state index is 0.0732. The number of halogens is 1. The summed E-state index contributed by atoms with van der Waals surface area (Å²) < 4.78 is 0.262. The van der Waals surface area contributed by atoms with E-state index in [0.29, 0.717) is 13.0 Å². The van der Waals surface area contributed by atoms with Gasteiger partial charge >= 0.3 is 11.4 Å². The number of hydrogen-bond donors (Lipinski definition) is 1. The molecule has 1 rings (SSSR count). The third kappa shape index (κ3) is 4.36. The topological polar surface area (TPSA) is 110 Å². The Morgan fingerprint density at radius 3 is 2.10 bits per heavy atom. The molecule has 0 saturated carbocycles. The molecular formula is C12H16BrN3O5. The maximum absolute atomic E-state index is 11.2. The quantitative estimate of drug-likeness (QED) is 0.590. The van der Waals surface area contributed by atoms with Gasteiger partial charge in [-0.2, -0.15) is 0 Å². The van der Waals surface area contributed by atoms with Crippen LogP contribution in [0.15, 0.2) is 16.6 Å². The van der Waals surface area contributed by atoms with Gasteiger partial charge in [0.1, 0.15) is 0 Å². The van der Waals surface area contributed by atoms with Crippen molar-refractivity contribution in [3.8, 4) is 0 Å². The first kappa shape index (κ1) is 17.3. The average Bonchev–Trinajstić information content (AvgIpc) is 2.36. The molecule has 9 heteroatoms. The van der Waals surface area contributed by atoms with Crippen LogP contribution in [-0.4, -0.2) is 34.1 Å². The van der Waals surface area contributed by atoms with Crippen LogP contribution in [0.4, 0.5) is 17.1 Å². The molecule has 0 aliphatic carbocycles. The van der Waals surface area contributed by atoms with Gasteiger partial charge in [-0.3, -0.25) is 20.2 Å². The molecule has 0 amide bonds. The van der Waals surface area contributed by atoms with E-state index in [1.165, 1.54) is 24.0 Å². The first-order valence-corrected chi connectivity index (χ1v) is 7.12. The smallest absolute Gasteiger partial charge is 0.300 e. The Labute approximate surface area is 129 Å². The summed E-state index contributed by atoms with van der Waals surface area (Å²) in [7, 11) is 0. The summed E-state index contributed by atoms with van der Waals surface area (Å²) in [6.45, 7) is 3.83. The zero-order valence-electron chi connectivity index (χ0n) is 11.7. The molecule has 1 aromatic rings. The molecule has 0 saturated heterocycles. The minimum Gasteiger partial charge on any atom is -0.392 e. The van der Waals surface area contributed by atoms with Crippen LogP contribution < -0.4 is 4.90 Å². The molecule has 1 unspecified atom stereocenters. The van der Waals surface area contributed by atoms with Gasteiger partial charge in [-0.05, 0) is 13.3 Å². The van der Waals surface area contributed by atoms with Gasteiger partial charge in [0.25, 0.3) is 0 Å². The van der Waals surface area contributed by atoms with Gasteiger partial charge in [-0.25, -0.2) is 0 Å². The molecule has 8 nitrogen and oxygen atoms in total. The maximum Gasteiger partial charge on any atom is 0.300 e. The lowest BCUT2D eigenvalue weighted by atomic mass is 10.2. The van der Waals surface area contributed by atoms with Crippen LogP contribution in [0.25, 0.3) is 0 Å². The van der Waals surface area contributed by atoms with Crippen LogP contribution in [0.3, 0.4) is 0 Å². The molecule has 1 N–H and O–H groups in total. The highest BCUT2D eigenvalue weighted by Crippen LogP contribution is 2.40. The van der Waals surface area contributed by atoms with Crippen LogP contribution in [0.2, 0.25) is 0 Å². The lowest BCUT2D eigenvalue weighted by Gasteiger charge is -2.25. The molecule has 0 radical (unpaired) electrons. The van der Waals surface area contributed by atoms with E-state index in [1.807, 2.05) is 6.92 Å². The second-order valence-corrected chi connectivity index (χ2v) is 5.52. The van der Waals surface area contributed by atoms with Gasteiger partial charge in [0.05, 0.1) is 16.0 Å². The first-order chi connectivity index (χ1) is 9.77. The van der Waals surface area contributed by atoms with Gasteiger partial charge in [0.15, 0.2) is 5.69 Å². The molecule has 0 aromatic heterocycles. The number of nitrogens with zero attached hydrogens (tertiary/aromatic N) is 3. The van der Waals surface area contributed by atoms with Crippen molar-refractivity contribution in [3.05, 3.63) is 36.8 Å². The normalized spacial score (nSPS) is 12.0. The maximum atomic E-state index is 11.2. The van der Waals surface area contributed by atoms with E-state index in [4.69, 9.17) is 0 Å². The number of benzene rings is 1. The molecule has 0 aliphatic rings. The van der Waals surface area contributed by atoms with Gasteiger partial charge in [-0.1, -0.05) is 22.9 Å². The van der Waals surface area contributed by atoms with Crippen LogP contribution >= 0.6 is 15.9 Å². The van der Waals surface area contributed by atoms with E-state index in [1.54, 1.807) is 0 Å². The molecule has 0 heterocycles. The molecule has 1 aromatic carbocycles. The van der Waals surface area contributed by atoms with Crippen LogP contribution in [0.1, 0.15) is 20.3 Å². The summed E-state index contributed by atoms with van der Waals surface area (Å²) in [6, 6.07) is 2.46. The third-order valence-electron chi connectivity index (χ3n) is 2.72. The number of aliphatic hydroxyl groups excluding tert-OH is 1. The van der Waals surface area contributed by atoms with E-state index < -0.39 is 16.0 Å². The van der Waals surface area contributed by atoms with Gasteiger partial charge in [0, 0.05) is 29.7 Å². The predicted octanol–water partition coefficient (Wildman–Crippen LogP) is 2.86. The number of rotatable bonds is 7. The Morgan fingerprint density at radius 2 is 1.76 bits per heavy atom.